The lowest BCUT2D eigenvalue weighted by Gasteiger charge is -2.22. The van der Waals surface area contributed by atoms with Crippen molar-refractivity contribution in [3.8, 4) is 0 Å². The molecule has 1 atom stereocenters. The highest BCUT2D eigenvalue weighted by Gasteiger charge is 2.23. The van der Waals surface area contributed by atoms with Gasteiger partial charge in [-0.25, -0.2) is 4.79 Å². The summed E-state index contributed by atoms with van der Waals surface area (Å²) in [5, 5.41) is 11.4. The molecular weight excluding hydrogens is 290 g/mol. The predicted octanol–water partition coefficient (Wildman–Crippen LogP) is 3.44. The first-order chi connectivity index (χ1) is 8.67. The normalized spacial score (nSPS) is 12.8. The van der Waals surface area contributed by atoms with E-state index in [0.717, 1.165) is 0 Å². The third kappa shape index (κ3) is 5.94. The van der Waals surface area contributed by atoms with Gasteiger partial charge in [0.1, 0.15) is 5.60 Å². The Balaban J connectivity index is 2.76. The molecular formula is C12H16ClNO4S. The minimum absolute atomic E-state index is 0.226. The van der Waals surface area contributed by atoms with Crippen molar-refractivity contribution in [1.82, 2.24) is 5.32 Å². The maximum absolute atomic E-state index is 11.7. The molecule has 1 rings (SSSR count). The quantitative estimate of drug-likeness (QED) is 0.893. The summed E-state index contributed by atoms with van der Waals surface area (Å²) in [6, 6.07) is 2.70. The van der Waals surface area contributed by atoms with Gasteiger partial charge in [0.25, 0.3) is 0 Å². The van der Waals surface area contributed by atoms with Crippen LogP contribution in [0.5, 0.6) is 0 Å². The number of hydrogen-bond donors (Lipinski definition) is 2. The van der Waals surface area contributed by atoms with Crippen molar-refractivity contribution in [3.05, 3.63) is 21.3 Å². The van der Waals surface area contributed by atoms with Crippen LogP contribution in [0.15, 0.2) is 12.1 Å². The van der Waals surface area contributed by atoms with Gasteiger partial charge in [0.15, 0.2) is 0 Å². The Kier molecular flexibility index (Phi) is 5.20. The van der Waals surface area contributed by atoms with E-state index in [1.54, 1.807) is 32.9 Å². The summed E-state index contributed by atoms with van der Waals surface area (Å²) in [7, 11) is 0. The largest absolute Gasteiger partial charge is 0.481 e. The number of halogens is 1. The van der Waals surface area contributed by atoms with E-state index >= 15 is 0 Å². The number of carboxylic acids is 1. The van der Waals surface area contributed by atoms with E-state index in [1.807, 2.05) is 0 Å². The van der Waals surface area contributed by atoms with Gasteiger partial charge in [0, 0.05) is 4.88 Å². The molecule has 106 valence electrons. The number of ether oxygens (including phenoxy) is 1. The van der Waals surface area contributed by atoms with Crippen LogP contribution in [0.4, 0.5) is 4.79 Å². The monoisotopic (exact) mass is 305 g/mol. The molecule has 0 aromatic carbocycles. The topological polar surface area (TPSA) is 75.6 Å². The average Bonchev–Trinajstić information content (AvgIpc) is 2.60. The fraction of sp³-hybridized carbons (Fsp3) is 0.500. The van der Waals surface area contributed by atoms with Crippen molar-refractivity contribution in [2.24, 2.45) is 0 Å². The SMILES string of the molecule is CC(C)(C)OC(=O)N[C@H](CC(=O)O)c1ccc(Cl)s1. The van der Waals surface area contributed by atoms with Crippen molar-refractivity contribution in [1.29, 1.82) is 0 Å². The van der Waals surface area contributed by atoms with Crippen LogP contribution in [0.2, 0.25) is 4.34 Å². The van der Waals surface area contributed by atoms with E-state index in [-0.39, 0.29) is 6.42 Å². The summed E-state index contributed by atoms with van der Waals surface area (Å²) >= 11 is 7.04. The lowest BCUT2D eigenvalue weighted by molar-refractivity contribution is -0.137. The third-order valence-corrected chi connectivity index (χ3v) is 3.35. The third-order valence-electron chi connectivity index (χ3n) is 2.01. The maximum Gasteiger partial charge on any atom is 0.408 e. The van der Waals surface area contributed by atoms with Crippen LogP contribution in [-0.2, 0) is 9.53 Å². The summed E-state index contributed by atoms with van der Waals surface area (Å²) < 4.78 is 5.65. The van der Waals surface area contributed by atoms with Gasteiger partial charge in [-0.1, -0.05) is 11.6 Å². The Morgan fingerprint density at radius 3 is 2.53 bits per heavy atom. The molecule has 0 radical (unpaired) electrons. The summed E-state index contributed by atoms with van der Waals surface area (Å²) in [6.07, 6.45) is -0.876. The average molecular weight is 306 g/mol. The van der Waals surface area contributed by atoms with Crippen LogP contribution in [0.3, 0.4) is 0 Å². The number of carbonyl (C=O) groups is 2. The number of carbonyl (C=O) groups excluding carboxylic acids is 1. The van der Waals surface area contributed by atoms with Gasteiger partial charge < -0.3 is 15.2 Å². The van der Waals surface area contributed by atoms with Crippen LogP contribution >= 0.6 is 22.9 Å². The highest BCUT2D eigenvalue weighted by atomic mass is 35.5. The number of nitrogens with one attached hydrogen (secondary N) is 1. The van der Waals surface area contributed by atoms with Gasteiger partial charge in [-0.3, -0.25) is 4.79 Å². The summed E-state index contributed by atoms with van der Waals surface area (Å²) in [5.41, 5.74) is -0.634. The fourth-order valence-electron chi connectivity index (χ4n) is 1.36. The first-order valence-corrected chi connectivity index (χ1v) is 6.83. The Labute approximate surface area is 120 Å². The first-order valence-electron chi connectivity index (χ1n) is 5.64. The Hall–Kier alpha value is -1.27. The van der Waals surface area contributed by atoms with Gasteiger partial charge in [-0.15, -0.1) is 11.3 Å². The standard InChI is InChI=1S/C12H16ClNO4S/c1-12(2,3)18-11(17)14-7(6-10(15)16)8-4-5-9(13)19-8/h4-5,7H,6H2,1-3H3,(H,14,17)(H,15,16)/t7-/m1/s1. The van der Waals surface area contributed by atoms with Gasteiger partial charge in [-0.05, 0) is 32.9 Å². The number of amides is 1. The molecule has 1 aromatic heterocycles. The van der Waals surface area contributed by atoms with Crippen LogP contribution in [0.25, 0.3) is 0 Å². The Morgan fingerprint density at radius 2 is 2.11 bits per heavy atom. The number of hydrogen-bond acceptors (Lipinski definition) is 4. The van der Waals surface area contributed by atoms with E-state index in [2.05, 4.69) is 5.32 Å². The molecule has 0 saturated carbocycles. The summed E-state index contributed by atoms with van der Waals surface area (Å²) in [5.74, 6) is -1.01. The molecule has 2 N–H and O–H groups in total. The molecule has 0 bridgehead atoms. The molecule has 19 heavy (non-hydrogen) atoms. The smallest absolute Gasteiger partial charge is 0.408 e. The molecule has 7 heteroatoms. The van der Waals surface area contributed by atoms with Crippen molar-refractivity contribution in [2.75, 3.05) is 0 Å². The van der Waals surface area contributed by atoms with Crippen LogP contribution in [-0.4, -0.2) is 22.8 Å². The number of alkyl carbamates (subject to hydrolysis) is 1. The Bertz CT molecular complexity index is 467. The van der Waals surface area contributed by atoms with E-state index in [1.165, 1.54) is 11.3 Å². The zero-order valence-corrected chi connectivity index (χ0v) is 12.5. The maximum atomic E-state index is 11.7. The molecule has 0 unspecified atom stereocenters. The highest BCUT2D eigenvalue weighted by molar-refractivity contribution is 7.16. The van der Waals surface area contributed by atoms with Crippen molar-refractivity contribution in [2.45, 2.75) is 38.8 Å². The second kappa shape index (κ2) is 6.25. The van der Waals surface area contributed by atoms with Gasteiger partial charge in [0.05, 0.1) is 16.8 Å². The molecule has 1 aromatic rings. The zero-order chi connectivity index (χ0) is 14.6. The molecule has 0 aliphatic heterocycles. The molecule has 0 spiro atoms. The first kappa shape index (κ1) is 15.8. The second-order valence-electron chi connectivity index (χ2n) is 4.94. The number of carboxylic acid groups (broad SMARTS) is 1. The van der Waals surface area contributed by atoms with Crippen molar-refractivity contribution in [3.63, 3.8) is 0 Å². The Morgan fingerprint density at radius 1 is 1.47 bits per heavy atom. The van der Waals surface area contributed by atoms with Crippen LogP contribution in [0, 0.1) is 0 Å². The van der Waals surface area contributed by atoms with E-state index in [4.69, 9.17) is 21.4 Å². The van der Waals surface area contributed by atoms with Crippen LogP contribution < -0.4 is 5.32 Å². The molecule has 1 heterocycles. The lowest BCUT2D eigenvalue weighted by atomic mass is 10.1. The van der Waals surface area contributed by atoms with E-state index in [0.29, 0.717) is 9.21 Å². The molecule has 0 aliphatic carbocycles. The fourth-order valence-corrected chi connectivity index (χ4v) is 2.47. The summed E-state index contributed by atoms with van der Waals surface area (Å²) in [6.45, 7) is 5.21. The highest BCUT2D eigenvalue weighted by Crippen LogP contribution is 2.29. The molecule has 1 amide bonds. The summed E-state index contributed by atoms with van der Waals surface area (Å²) in [4.78, 5) is 23.2. The van der Waals surface area contributed by atoms with Crippen molar-refractivity contribution < 1.29 is 19.4 Å². The molecule has 0 aliphatic rings. The molecule has 5 nitrogen and oxygen atoms in total. The van der Waals surface area contributed by atoms with Crippen molar-refractivity contribution >= 4 is 35.0 Å². The van der Waals surface area contributed by atoms with Gasteiger partial charge in [0.2, 0.25) is 0 Å². The zero-order valence-electron chi connectivity index (χ0n) is 10.9. The minimum atomic E-state index is -1.01. The minimum Gasteiger partial charge on any atom is -0.481 e. The van der Waals surface area contributed by atoms with E-state index < -0.39 is 23.7 Å². The number of rotatable bonds is 4. The number of thiophene rings is 1. The van der Waals surface area contributed by atoms with Gasteiger partial charge in [-0.2, -0.15) is 0 Å². The number of aliphatic carboxylic acids is 1. The van der Waals surface area contributed by atoms with Gasteiger partial charge >= 0.3 is 12.1 Å². The second-order valence-corrected chi connectivity index (χ2v) is 6.69. The lowest BCUT2D eigenvalue weighted by Crippen LogP contribution is -2.35. The molecule has 0 saturated heterocycles. The van der Waals surface area contributed by atoms with Crippen LogP contribution in [0.1, 0.15) is 38.1 Å². The molecule has 0 fully saturated rings. The predicted molar refractivity (Wildman–Crippen MR) is 73.7 cm³/mol. The van der Waals surface area contributed by atoms with E-state index in [9.17, 15) is 9.59 Å².